The number of nitrogens with zero attached hydrogens (tertiary/aromatic N) is 2. The van der Waals surface area contributed by atoms with Gasteiger partial charge in [0.2, 0.25) is 5.90 Å². The standard InChI is InChI=1S/C23H16ClFN4O2/c24-15-7-5-14(6-8-15)19-17-2-1-11-28-20(17)22(30)21(29-19)23(27)31-18(26)12-13-3-9-16(25)10-4-13/h1-11,26-27,30H,12H2. The van der Waals surface area contributed by atoms with Gasteiger partial charge < -0.3 is 9.84 Å². The van der Waals surface area contributed by atoms with E-state index in [1.807, 2.05) is 0 Å². The molecule has 0 fully saturated rings. The van der Waals surface area contributed by atoms with Gasteiger partial charge in [0, 0.05) is 28.6 Å². The Bertz CT molecular complexity index is 1290. The number of hydrogen-bond donors (Lipinski definition) is 3. The van der Waals surface area contributed by atoms with Gasteiger partial charge in [-0.1, -0.05) is 35.9 Å². The molecule has 4 aromatic rings. The van der Waals surface area contributed by atoms with Gasteiger partial charge in [0.25, 0.3) is 0 Å². The lowest BCUT2D eigenvalue weighted by atomic mass is 10.1. The fraction of sp³-hybridized carbons (Fsp3) is 0.0435. The lowest BCUT2D eigenvalue weighted by Crippen LogP contribution is -2.16. The summed E-state index contributed by atoms with van der Waals surface area (Å²) in [5, 5.41) is 28.2. The monoisotopic (exact) mass is 434 g/mol. The largest absolute Gasteiger partial charge is 0.504 e. The molecule has 4 rings (SSSR count). The quantitative estimate of drug-likeness (QED) is 0.297. The zero-order chi connectivity index (χ0) is 22.0. The van der Waals surface area contributed by atoms with Crippen molar-refractivity contribution in [3.05, 3.63) is 89.0 Å². The lowest BCUT2D eigenvalue weighted by molar-refractivity contribution is 0.467. The number of ether oxygens (including phenoxy) is 1. The van der Waals surface area contributed by atoms with E-state index in [4.69, 9.17) is 27.2 Å². The molecule has 0 saturated heterocycles. The Morgan fingerprint density at radius 1 is 1.03 bits per heavy atom. The van der Waals surface area contributed by atoms with Gasteiger partial charge in [-0.15, -0.1) is 0 Å². The van der Waals surface area contributed by atoms with Crippen LogP contribution < -0.4 is 0 Å². The first-order chi connectivity index (χ1) is 14.9. The highest BCUT2D eigenvalue weighted by Gasteiger charge is 2.21. The van der Waals surface area contributed by atoms with Crippen LogP contribution in [0.3, 0.4) is 0 Å². The summed E-state index contributed by atoms with van der Waals surface area (Å²) in [5.41, 5.74) is 1.98. The van der Waals surface area contributed by atoms with E-state index in [2.05, 4.69) is 9.97 Å². The van der Waals surface area contributed by atoms with E-state index in [1.54, 1.807) is 36.4 Å². The summed E-state index contributed by atoms with van der Waals surface area (Å²) in [4.78, 5) is 8.67. The van der Waals surface area contributed by atoms with Gasteiger partial charge in [0.05, 0.1) is 5.69 Å². The SMILES string of the molecule is N=C(Cc1ccc(F)cc1)OC(=N)c1nc(-c2ccc(Cl)cc2)c2cccnc2c1O. The van der Waals surface area contributed by atoms with E-state index in [-0.39, 0.29) is 35.1 Å². The zero-order valence-corrected chi connectivity index (χ0v) is 16.8. The number of fused-ring (bicyclic) bond motifs is 1. The number of pyridine rings is 2. The molecular weight excluding hydrogens is 419 g/mol. The molecule has 0 amide bonds. The average molecular weight is 435 g/mol. The van der Waals surface area contributed by atoms with Crippen molar-refractivity contribution in [3.63, 3.8) is 0 Å². The molecule has 2 aromatic heterocycles. The smallest absolute Gasteiger partial charge is 0.243 e. The number of aromatic hydroxyl groups is 1. The van der Waals surface area contributed by atoms with Crippen molar-refractivity contribution >= 4 is 34.3 Å². The van der Waals surface area contributed by atoms with E-state index in [0.29, 0.717) is 21.7 Å². The summed E-state index contributed by atoms with van der Waals surface area (Å²) in [5.74, 6) is -1.43. The van der Waals surface area contributed by atoms with E-state index in [1.165, 1.54) is 30.5 Å². The molecule has 0 saturated carbocycles. The first-order valence-electron chi connectivity index (χ1n) is 9.24. The highest BCUT2D eigenvalue weighted by Crippen LogP contribution is 2.34. The first-order valence-corrected chi connectivity index (χ1v) is 9.62. The molecule has 31 heavy (non-hydrogen) atoms. The van der Waals surface area contributed by atoms with Gasteiger partial charge in [0.1, 0.15) is 11.3 Å². The number of rotatable bonds is 4. The number of hydrogen-bond acceptors (Lipinski definition) is 6. The average Bonchev–Trinajstić information content (AvgIpc) is 2.76. The van der Waals surface area contributed by atoms with Crippen LogP contribution in [0.2, 0.25) is 5.02 Å². The summed E-state index contributed by atoms with van der Waals surface area (Å²) in [6.45, 7) is 0. The van der Waals surface area contributed by atoms with Crippen LogP contribution >= 0.6 is 11.6 Å². The molecule has 0 aliphatic heterocycles. The summed E-state index contributed by atoms with van der Waals surface area (Å²) in [6, 6.07) is 16.1. The van der Waals surface area contributed by atoms with Crippen molar-refractivity contribution in [1.82, 2.24) is 9.97 Å². The molecule has 0 bridgehead atoms. The van der Waals surface area contributed by atoms with Crippen LogP contribution in [0.4, 0.5) is 4.39 Å². The fourth-order valence-electron chi connectivity index (χ4n) is 3.10. The summed E-state index contributed by atoms with van der Waals surface area (Å²) in [6.07, 6.45) is 1.58. The van der Waals surface area contributed by atoms with Crippen molar-refractivity contribution in [2.45, 2.75) is 6.42 Å². The van der Waals surface area contributed by atoms with Crippen LogP contribution in [0, 0.1) is 16.6 Å². The molecule has 0 radical (unpaired) electrons. The molecule has 2 heterocycles. The molecule has 0 aliphatic carbocycles. The van der Waals surface area contributed by atoms with Gasteiger partial charge in [-0.05, 0) is 42.0 Å². The Balaban J connectivity index is 1.68. The van der Waals surface area contributed by atoms with E-state index in [0.717, 1.165) is 5.56 Å². The Kier molecular flexibility index (Phi) is 5.60. The molecule has 0 spiro atoms. The van der Waals surface area contributed by atoms with Gasteiger partial charge >= 0.3 is 0 Å². The second kappa shape index (κ2) is 8.49. The minimum atomic E-state index is -0.493. The molecule has 0 atom stereocenters. The van der Waals surface area contributed by atoms with E-state index < -0.39 is 5.90 Å². The van der Waals surface area contributed by atoms with E-state index >= 15 is 0 Å². The molecule has 8 heteroatoms. The topological polar surface area (TPSA) is 103 Å². The number of aromatic nitrogens is 2. The minimum Gasteiger partial charge on any atom is -0.504 e. The summed E-state index contributed by atoms with van der Waals surface area (Å²) < 4.78 is 18.4. The highest BCUT2D eigenvalue weighted by atomic mass is 35.5. The van der Waals surface area contributed by atoms with Crippen molar-refractivity contribution in [2.75, 3.05) is 0 Å². The van der Waals surface area contributed by atoms with Crippen LogP contribution in [0.5, 0.6) is 5.75 Å². The Hall–Kier alpha value is -3.84. The molecule has 6 nitrogen and oxygen atoms in total. The van der Waals surface area contributed by atoms with Gasteiger partial charge in [-0.25, -0.2) is 9.37 Å². The second-order valence-corrected chi connectivity index (χ2v) is 7.16. The van der Waals surface area contributed by atoms with Crippen LogP contribution in [0.1, 0.15) is 11.3 Å². The van der Waals surface area contributed by atoms with Crippen molar-refractivity contribution < 1.29 is 14.2 Å². The van der Waals surface area contributed by atoms with Gasteiger partial charge in [0.15, 0.2) is 17.3 Å². The molecule has 3 N–H and O–H groups in total. The summed E-state index contributed by atoms with van der Waals surface area (Å²) >= 11 is 5.99. The summed E-state index contributed by atoms with van der Waals surface area (Å²) in [7, 11) is 0. The normalized spacial score (nSPS) is 10.8. The zero-order valence-electron chi connectivity index (χ0n) is 16.1. The highest BCUT2D eigenvalue weighted by molar-refractivity contribution is 6.30. The van der Waals surface area contributed by atoms with Crippen molar-refractivity contribution in [2.24, 2.45) is 0 Å². The van der Waals surface area contributed by atoms with Gasteiger partial charge in [-0.2, -0.15) is 0 Å². The first kappa shape index (κ1) is 20.4. The van der Waals surface area contributed by atoms with Crippen molar-refractivity contribution in [1.29, 1.82) is 10.8 Å². The Morgan fingerprint density at radius 2 is 1.74 bits per heavy atom. The minimum absolute atomic E-state index is 0.0549. The second-order valence-electron chi connectivity index (χ2n) is 6.72. The number of halogens is 2. The maximum Gasteiger partial charge on any atom is 0.243 e. The third-order valence-electron chi connectivity index (χ3n) is 4.57. The third-order valence-corrected chi connectivity index (χ3v) is 4.82. The molecule has 154 valence electrons. The van der Waals surface area contributed by atoms with E-state index in [9.17, 15) is 9.50 Å². The maximum atomic E-state index is 13.1. The Morgan fingerprint density at radius 3 is 2.45 bits per heavy atom. The fourth-order valence-corrected chi connectivity index (χ4v) is 3.23. The van der Waals surface area contributed by atoms with Gasteiger partial charge in [-0.3, -0.25) is 15.8 Å². The van der Waals surface area contributed by atoms with Crippen LogP contribution in [0.25, 0.3) is 22.2 Å². The predicted octanol–water partition coefficient (Wildman–Crippen LogP) is 5.36. The van der Waals surface area contributed by atoms with Crippen LogP contribution in [-0.4, -0.2) is 26.9 Å². The molecular formula is C23H16ClFN4O2. The lowest BCUT2D eigenvalue weighted by Gasteiger charge is -2.13. The number of nitrogens with one attached hydrogen (secondary N) is 2. The van der Waals surface area contributed by atoms with Crippen LogP contribution in [0.15, 0.2) is 66.9 Å². The van der Waals surface area contributed by atoms with Crippen molar-refractivity contribution in [3.8, 4) is 17.0 Å². The molecule has 0 aliphatic rings. The number of benzene rings is 2. The Labute approximate surface area is 182 Å². The predicted molar refractivity (Wildman–Crippen MR) is 117 cm³/mol. The molecule has 0 unspecified atom stereocenters. The maximum absolute atomic E-state index is 13.1. The third kappa shape index (κ3) is 4.36. The molecule has 2 aromatic carbocycles. The van der Waals surface area contributed by atoms with Crippen LogP contribution in [-0.2, 0) is 11.2 Å².